The number of nitrogens with zero attached hydrogens (tertiary/aromatic N) is 3. The average Bonchev–Trinajstić information content (AvgIpc) is 3.07. The number of thiazole rings is 1. The lowest BCUT2D eigenvalue weighted by atomic mass is 10.2. The van der Waals surface area contributed by atoms with Crippen LogP contribution >= 0.6 is 11.3 Å². The van der Waals surface area contributed by atoms with Crippen LogP contribution < -0.4 is 10.1 Å². The van der Waals surface area contributed by atoms with Crippen LogP contribution in [0.5, 0.6) is 5.75 Å². The first-order valence-corrected chi connectivity index (χ1v) is 9.65. The predicted octanol–water partition coefficient (Wildman–Crippen LogP) is 4.74. The van der Waals surface area contributed by atoms with E-state index in [2.05, 4.69) is 32.3 Å². The zero-order valence-corrected chi connectivity index (χ0v) is 16.7. The van der Waals surface area contributed by atoms with Crippen molar-refractivity contribution in [1.82, 2.24) is 14.9 Å². The number of likely N-dealkylation sites (N-methyl/N-ethyl adjacent to an activating group) is 1. The van der Waals surface area contributed by atoms with Gasteiger partial charge in [0.25, 0.3) is 0 Å². The number of nitrogens with one attached hydrogen (secondary N) is 1. The molecular formula is C21H24N4OS. The van der Waals surface area contributed by atoms with Crippen molar-refractivity contribution in [3.63, 3.8) is 0 Å². The monoisotopic (exact) mass is 380 g/mol. The Balaban J connectivity index is 1.80. The van der Waals surface area contributed by atoms with Crippen LogP contribution in [-0.2, 0) is 6.61 Å². The van der Waals surface area contributed by atoms with Crippen LogP contribution in [0.1, 0.15) is 16.8 Å². The quantitative estimate of drug-likeness (QED) is 0.611. The molecule has 2 aromatic heterocycles. The maximum Gasteiger partial charge on any atom is 0.188 e. The molecule has 27 heavy (non-hydrogen) atoms. The maximum absolute atomic E-state index is 6.08. The summed E-state index contributed by atoms with van der Waals surface area (Å²) in [4.78, 5) is 11.1. The van der Waals surface area contributed by atoms with Crippen molar-refractivity contribution in [3.05, 3.63) is 70.9 Å². The minimum Gasteiger partial charge on any atom is -0.485 e. The van der Waals surface area contributed by atoms with E-state index < -0.39 is 0 Å². The zero-order valence-electron chi connectivity index (χ0n) is 15.8. The summed E-state index contributed by atoms with van der Waals surface area (Å²) in [6.07, 6.45) is 6.00. The molecule has 0 fully saturated rings. The highest BCUT2D eigenvalue weighted by atomic mass is 32.1. The zero-order chi connectivity index (χ0) is 19.1. The molecule has 2 heterocycles. The Hall–Kier alpha value is -2.70. The van der Waals surface area contributed by atoms with Crippen LogP contribution in [-0.4, -0.2) is 35.5 Å². The molecule has 0 spiro atoms. The number of hydrogen-bond acceptors (Lipinski definition) is 6. The van der Waals surface area contributed by atoms with Gasteiger partial charge in [-0.15, -0.1) is 11.3 Å². The Kier molecular flexibility index (Phi) is 6.57. The van der Waals surface area contributed by atoms with Crippen molar-refractivity contribution in [2.75, 3.05) is 26.0 Å². The molecule has 3 aromatic rings. The number of benzene rings is 1. The molecule has 140 valence electrons. The second-order valence-corrected chi connectivity index (χ2v) is 7.33. The van der Waals surface area contributed by atoms with Gasteiger partial charge in [-0.2, -0.15) is 0 Å². The van der Waals surface area contributed by atoms with Crippen molar-refractivity contribution in [3.8, 4) is 5.75 Å². The lowest BCUT2D eigenvalue weighted by Gasteiger charge is -2.12. The van der Waals surface area contributed by atoms with E-state index in [-0.39, 0.29) is 0 Å². The first-order valence-electron chi connectivity index (χ1n) is 8.77. The Labute approximate surface area is 164 Å². The van der Waals surface area contributed by atoms with Gasteiger partial charge in [-0.1, -0.05) is 42.5 Å². The maximum atomic E-state index is 6.08. The van der Waals surface area contributed by atoms with Gasteiger partial charge in [-0.05, 0) is 38.2 Å². The smallest absolute Gasteiger partial charge is 0.188 e. The van der Waals surface area contributed by atoms with Crippen molar-refractivity contribution >= 4 is 28.4 Å². The molecule has 0 aliphatic heterocycles. The number of pyridine rings is 1. The van der Waals surface area contributed by atoms with Gasteiger partial charge in [-0.25, -0.2) is 9.97 Å². The summed E-state index contributed by atoms with van der Waals surface area (Å²) in [5.41, 5.74) is 3.10. The minimum atomic E-state index is 0.485. The van der Waals surface area contributed by atoms with E-state index >= 15 is 0 Å². The van der Waals surface area contributed by atoms with Crippen LogP contribution in [0, 0.1) is 6.92 Å². The van der Waals surface area contributed by atoms with Crippen LogP contribution in [0.25, 0.3) is 6.08 Å². The fourth-order valence-corrected chi connectivity index (χ4v) is 3.09. The summed E-state index contributed by atoms with van der Waals surface area (Å²) < 4.78 is 6.08. The van der Waals surface area contributed by atoms with Gasteiger partial charge in [0.2, 0.25) is 0 Å². The number of rotatable bonds is 8. The van der Waals surface area contributed by atoms with E-state index in [1.807, 2.05) is 69.0 Å². The molecule has 1 aromatic carbocycles. The minimum absolute atomic E-state index is 0.485. The van der Waals surface area contributed by atoms with Crippen LogP contribution in [0.15, 0.2) is 54.1 Å². The summed E-state index contributed by atoms with van der Waals surface area (Å²) in [5, 5.41) is 6.08. The van der Waals surface area contributed by atoms with E-state index in [1.54, 1.807) is 11.3 Å². The van der Waals surface area contributed by atoms with E-state index in [1.165, 1.54) is 0 Å². The SMILES string of the molecule is Cc1csc(Nc2ncc(/C=C/CN(C)C)cc2OCc2ccccc2)n1. The second kappa shape index (κ2) is 9.30. The molecule has 1 N–H and O–H groups in total. The average molecular weight is 381 g/mol. The van der Waals surface area contributed by atoms with Crippen LogP contribution in [0.2, 0.25) is 0 Å². The third-order valence-corrected chi connectivity index (χ3v) is 4.61. The first kappa shape index (κ1) is 19.1. The summed E-state index contributed by atoms with van der Waals surface area (Å²) >= 11 is 1.55. The second-order valence-electron chi connectivity index (χ2n) is 6.47. The Bertz CT molecular complexity index is 890. The summed E-state index contributed by atoms with van der Waals surface area (Å²) in [7, 11) is 4.08. The molecule has 0 saturated carbocycles. The van der Waals surface area contributed by atoms with Crippen LogP contribution in [0.4, 0.5) is 10.9 Å². The van der Waals surface area contributed by atoms with Crippen molar-refractivity contribution < 1.29 is 4.74 Å². The van der Waals surface area contributed by atoms with Crippen molar-refractivity contribution in [2.24, 2.45) is 0 Å². The first-order chi connectivity index (χ1) is 13.1. The van der Waals surface area contributed by atoms with E-state index in [0.717, 1.165) is 28.5 Å². The van der Waals surface area contributed by atoms with Crippen molar-refractivity contribution in [2.45, 2.75) is 13.5 Å². The van der Waals surface area contributed by atoms with Gasteiger partial charge >= 0.3 is 0 Å². The fourth-order valence-electron chi connectivity index (χ4n) is 2.40. The molecule has 0 aliphatic rings. The molecule has 0 atom stereocenters. The number of ether oxygens (including phenoxy) is 1. The third kappa shape index (κ3) is 5.91. The van der Waals surface area contributed by atoms with Gasteiger partial charge in [-0.3, -0.25) is 0 Å². The highest BCUT2D eigenvalue weighted by Crippen LogP contribution is 2.29. The molecule has 0 unspecified atom stereocenters. The molecule has 0 saturated heterocycles. The van der Waals surface area contributed by atoms with E-state index in [0.29, 0.717) is 18.2 Å². The van der Waals surface area contributed by atoms with Crippen LogP contribution in [0.3, 0.4) is 0 Å². The molecule has 5 nitrogen and oxygen atoms in total. The number of anilines is 2. The molecular weight excluding hydrogens is 356 g/mol. The lowest BCUT2D eigenvalue weighted by molar-refractivity contribution is 0.307. The van der Waals surface area contributed by atoms with Gasteiger partial charge in [0.05, 0.1) is 5.69 Å². The molecule has 0 radical (unpaired) electrons. The van der Waals surface area contributed by atoms with E-state index in [4.69, 9.17) is 4.74 Å². The molecule has 0 bridgehead atoms. The van der Waals surface area contributed by atoms with Gasteiger partial charge in [0.15, 0.2) is 16.7 Å². The third-order valence-electron chi connectivity index (χ3n) is 3.74. The largest absolute Gasteiger partial charge is 0.485 e. The summed E-state index contributed by atoms with van der Waals surface area (Å²) in [6.45, 7) is 3.33. The highest BCUT2D eigenvalue weighted by Gasteiger charge is 2.09. The topological polar surface area (TPSA) is 50.3 Å². The van der Waals surface area contributed by atoms with Crippen molar-refractivity contribution in [1.29, 1.82) is 0 Å². The van der Waals surface area contributed by atoms with E-state index in [9.17, 15) is 0 Å². The molecule has 0 amide bonds. The highest BCUT2D eigenvalue weighted by molar-refractivity contribution is 7.13. The predicted molar refractivity (Wildman–Crippen MR) is 113 cm³/mol. The standard InChI is InChI=1S/C21H24N4OS/c1-16-15-27-21(23-16)24-20-19(26-14-17-8-5-4-6-9-17)12-18(13-22-20)10-7-11-25(2)3/h4-10,12-13,15H,11,14H2,1-3H3,(H,22,23,24)/b10-7+. The number of aromatic nitrogens is 2. The Morgan fingerprint density at radius 2 is 2.04 bits per heavy atom. The number of hydrogen-bond donors (Lipinski definition) is 1. The number of aryl methyl sites for hydroxylation is 1. The van der Waals surface area contributed by atoms with Gasteiger partial charge < -0.3 is 15.0 Å². The summed E-state index contributed by atoms with van der Waals surface area (Å²) in [5.74, 6) is 1.38. The Morgan fingerprint density at radius 3 is 2.74 bits per heavy atom. The summed E-state index contributed by atoms with van der Waals surface area (Å²) in [6, 6.07) is 12.1. The Morgan fingerprint density at radius 1 is 1.22 bits per heavy atom. The molecule has 3 rings (SSSR count). The van der Waals surface area contributed by atoms with Gasteiger partial charge in [0.1, 0.15) is 6.61 Å². The fraction of sp³-hybridized carbons (Fsp3) is 0.238. The lowest BCUT2D eigenvalue weighted by Crippen LogP contribution is -2.10. The van der Waals surface area contributed by atoms with Gasteiger partial charge in [0, 0.05) is 18.1 Å². The molecule has 0 aliphatic carbocycles. The normalized spacial score (nSPS) is 11.3. The molecule has 6 heteroatoms.